The van der Waals surface area contributed by atoms with Crippen LogP contribution in [0.5, 0.6) is 0 Å². The number of allylic oxidation sites excluding steroid dienone is 1. The maximum Gasteiger partial charge on any atom is 0.221 e. The Balaban J connectivity index is 1.44. The molecule has 5 heteroatoms. The molecule has 0 saturated heterocycles. The van der Waals surface area contributed by atoms with E-state index in [9.17, 15) is 0 Å². The maximum atomic E-state index is 6.06. The number of terminal acetylenes is 1. The van der Waals surface area contributed by atoms with E-state index in [4.69, 9.17) is 10.8 Å². The summed E-state index contributed by atoms with van der Waals surface area (Å²) in [6, 6.07) is 8.29. The molecule has 0 bridgehead atoms. The van der Waals surface area contributed by atoms with Crippen molar-refractivity contribution in [2.45, 2.75) is 40.0 Å². The number of hydrogen-bond donors (Lipinski definition) is 2. The minimum absolute atomic E-state index is 0.442. The number of para-hydroxylation sites is 1. The maximum absolute atomic E-state index is 6.06. The van der Waals surface area contributed by atoms with Gasteiger partial charge in [0.1, 0.15) is 0 Å². The van der Waals surface area contributed by atoms with Gasteiger partial charge in [-0.3, -0.25) is 0 Å². The fourth-order valence-corrected chi connectivity index (χ4v) is 4.91. The van der Waals surface area contributed by atoms with Crippen LogP contribution in [0.4, 0.5) is 0 Å². The summed E-state index contributed by atoms with van der Waals surface area (Å²) < 4.78 is 6.06. The fourth-order valence-electron chi connectivity index (χ4n) is 4.91. The second-order valence-corrected chi connectivity index (χ2v) is 9.08. The smallest absolute Gasteiger partial charge is 0.221 e. The molecule has 4 rings (SSSR count). The first-order valence-electron chi connectivity index (χ1n) is 11.2. The Morgan fingerprint density at radius 1 is 1.26 bits per heavy atom. The molecule has 0 unspecified atom stereocenters. The number of rotatable bonds is 8. The lowest BCUT2D eigenvalue weighted by Crippen LogP contribution is -2.35. The number of fused-ring (bicyclic) bond motifs is 1. The Bertz CT molecular complexity index is 1080. The van der Waals surface area contributed by atoms with Crippen molar-refractivity contribution in [1.82, 2.24) is 20.5 Å². The summed E-state index contributed by atoms with van der Waals surface area (Å²) in [5.41, 5.74) is 3.73. The molecular formula is C26H32N4O. The Hall–Kier alpha value is -2.84. The van der Waals surface area contributed by atoms with E-state index in [1.165, 1.54) is 16.5 Å². The summed E-state index contributed by atoms with van der Waals surface area (Å²) in [7, 11) is 0. The number of H-pyrrole nitrogens is 1. The minimum Gasteiger partial charge on any atom is -0.425 e. The molecule has 3 atom stereocenters. The largest absolute Gasteiger partial charge is 0.425 e. The lowest BCUT2D eigenvalue weighted by Gasteiger charge is -2.37. The molecule has 0 amide bonds. The molecule has 3 aromatic rings. The standard InChI is InChI=1S/C26H32N4O/c1-5-10-27-15-20-11-18(4)19(12-23(20)17(2)3)13-25-29-30-26(31-25)14-21-16-28-24-9-7-6-8-22(21)24/h1,6-9,11,16-17,19-20,23,27-28H,10,12-15H2,2-4H3/t19-,20-,23-/m0/s1. The molecule has 1 aromatic carbocycles. The molecule has 1 aliphatic rings. The van der Waals surface area contributed by atoms with Crippen molar-refractivity contribution in [3.63, 3.8) is 0 Å². The van der Waals surface area contributed by atoms with Crippen LogP contribution in [-0.4, -0.2) is 28.3 Å². The van der Waals surface area contributed by atoms with E-state index >= 15 is 0 Å². The van der Waals surface area contributed by atoms with E-state index < -0.39 is 0 Å². The van der Waals surface area contributed by atoms with Crippen LogP contribution in [0, 0.1) is 36.0 Å². The summed E-state index contributed by atoms with van der Waals surface area (Å²) in [6.07, 6.45) is 12.5. The number of benzene rings is 1. The van der Waals surface area contributed by atoms with E-state index in [2.05, 4.69) is 71.5 Å². The quantitative estimate of drug-likeness (QED) is 0.316. The summed E-state index contributed by atoms with van der Waals surface area (Å²) in [4.78, 5) is 3.31. The predicted molar refractivity (Wildman–Crippen MR) is 124 cm³/mol. The zero-order chi connectivity index (χ0) is 21.8. The number of aromatic amines is 1. The Kier molecular flexibility index (Phi) is 6.58. The molecular weight excluding hydrogens is 384 g/mol. The predicted octanol–water partition coefficient (Wildman–Crippen LogP) is 4.76. The van der Waals surface area contributed by atoms with Gasteiger partial charge >= 0.3 is 0 Å². The van der Waals surface area contributed by atoms with Gasteiger partial charge < -0.3 is 14.7 Å². The SMILES string of the molecule is C#CCNC[C@@H]1C=C(C)[C@H](Cc2nnc(Cc3c[nH]c4ccccc34)o2)C[C@H]1C(C)C. The summed E-state index contributed by atoms with van der Waals surface area (Å²) in [6.45, 7) is 8.43. The number of aromatic nitrogens is 3. The van der Waals surface area contributed by atoms with Crippen molar-refractivity contribution in [3.8, 4) is 12.3 Å². The molecule has 0 aliphatic heterocycles. The number of nitrogens with zero attached hydrogens (tertiary/aromatic N) is 2. The zero-order valence-corrected chi connectivity index (χ0v) is 18.7. The van der Waals surface area contributed by atoms with Crippen LogP contribution in [0.1, 0.15) is 44.5 Å². The Morgan fingerprint density at radius 3 is 2.87 bits per heavy atom. The summed E-state index contributed by atoms with van der Waals surface area (Å²) in [5, 5.41) is 13.3. The van der Waals surface area contributed by atoms with Gasteiger partial charge in [0.15, 0.2) is 0 Å². The van der Waals surface area contributed by atoms with Crippen LogP contribution in [0.2, 0.25) is 0 Å². The van der Waals surface area contributed by atoms with Crippen molar-refractivity contribution < 1.29 is 4.42 Å². The number of nitrogens with one attached hydrogen (secondary N) is 2. The van der Waals surface area contributed by atoms with Crippen molar-refractivity contribution in [2.24, 2.45) is 23.7 Å². The number of hydrogen-bond acceptors (Lipinski definition) is 4. The van der Waals surface area contributed by atoms with Crippen molar-refractivity contribution in [3.05, 3.63) is 59.5 Å². The normalized spacial score (nSPS) is 21.4. The molecule has 2 heterocycles. The van der Waals surface area contributed by atoms with E-state index in [0.29, 0.717) is 42.5 Å². The van der Waals surface area contributed by atoms with Crippen LogP contribution in [0.15, 0.2) is 46.5 Å². The van der Waals surface area contributed by atoms with Gasteiger partial charge in [0, 0.05) is 30.1 Å². The third kappa shape index (κ3) is 4.91. The lowest BCUT2D eigenvalue weighted by molar-refractivity contribution is 0.219. The molecule has 0 saturated carbocycles. The minimum atomic E-state index is 0.442. The highest BCUT2D eigenvalue weighted by molar-refractivity contribution is 5.83. The van der Waals surface area contributed by atoms with Gasteiger partial charge in [0.25, 0.3) is 0 Å². The van der Waals surface area contributed by atoms with Crippen LogP contribution in [-0.2, 0) is 12.8 Å². The van der Waals surface area contributed by atoms with E-state index in [1.807, 2.05) is 12.3 Å². The lowest BCUT2D eigenvalue weighted by atomic mass is 9.70. The Morgan fingerprint density at radius 2 is 2.06 bits per heavy atom. The van der Waals surface area contributed by atoms with E-state index in [-0.39, 0.29) is 0 Å². The molecule has 31 heavy (non-hydrogen) atoms. The van der Waals surface area contributed by atoms with E-state index in [0.717, 1.165) is 30.8 Å². The van der Waals surface area contributed by atoms with Crippen molar-refractivity contribution in [2.75, 3.05) is 13.1 Å². The van der Waals surface area contributed by atoms with Crippen molar-refractivity contribution in [1.29, 1.82) is 0 Å². The molecule has 162 valence electrons. The van der Waals surface area contributed by atoms with Gasteiger partial charge in [0.2, 0.25) is 11.8 Å². The monoisotopic (exact) mass is 416 g/mol. The average molecular weight is 417 g/mol. The van der Waals surface area contributed by atoms with Crippen molar-refractivity contribution >= 4 is 10.9 Å². The van der Waals surface area contributed by atoms with Crippen LogP contribution < -0.4 is 5.32 Å². The highest BCUT2D eigenvalue weighted by Gasteiger charge is 2.32. The molecule has 2 N–H and O–H groups in total. The first-order chi connectivity index (χ1) is 15.0. The highest BCUT2D eigenvalue weighted by Crippen LogP contribution is 2.38. The second-order valence-electron chi connectivity index (χ2n) is 9.08. The Labute approximate surface area is 184 Å². The topological polar surface area (TPSA) is 66.7 Å². The average Bonchev–Trinajstić information content (AvgIpc) is 3.37. The molecule has 0 fully saturated rings. The van der Waals surface area contributed by atoms with Crippen LogP contribution in [0.25, 0.3) is 10.9 Å². The molecule has 0 radical (unpaired) electrons. The zero-order valence-electron chi connectivity index (χ0n) is 18.7. The van der Waals surface area contributed by atoms with Crippen LogP contribution in [0.3, 0.4) is 0 Å². The molecule has 0 spiro atoms. The first-order valence-corrected chi connectivity index (χ1v) is 11.2. The van der Waals surface area contributed by atoms with Gasteiger partial charge in [0.05, 0.1) is 13.0 Å². The van der Waals surface area contributed by atoms with Gasteiger partial charge in [-0.25, -0.2) is 0 Å². The first kappa shape index (κ1) is 21.4. The van der Waals surface area contributed by atoms with Gasteiger partial charge in [-0.2, -0.15) is 0 Å². The van der Waals surface area contributed by atoms with Gasteiger partial charge in [-0.05, 0) is 48.6 Å². The third-order valence-corrected chi connectivity index (χ3v) is 6.64. The fraction of sp³-hybridized carbons (Fsp3) is 0.462. The molecule has 1 aliphatic carbocycles. The summed E-state index contributed by atoms with van der Waals surface area (Å²) >= 11 is 0. The molecule has 2 aromatic heterocycles. The van der Waals surface area contributed by atoms with Gasteiger partial charge in [-0.15, -0.1) is 16.6 Å². The third-order valence-electron chi connectivity index (χ3n) is 6.64. The summed E-state index contributed by atoms with van der Waals surface area (Å²) in [5.74, 6) is 6.27. The van der Waals surface area contributed by atoms with Gasteiger partial charge in [-0.1, -0.05) is 49.6 Å². The van der Waals surface area contributed by atoms with E-state index in [1.54, 1.807) is 0 Å². The molecule has 5 nitrogen and oxygen atoms in total. The second kappa shape index (κ2) is 9.53. The highest BCUT2D eigenvalue weighted by atomic mass is 16.4. The van der Waals surface area contributed by atoms with Crippen LogP contribution >= 0.6 is 0 Å².